The molecule has 0 N–H and O–H groups in total. The second-order valence-electron chi connectivity index (χ2n) is 5.40. The second kappa shape index (κ2) is 7.69. The minimum Gasteiger partial charge on any atom is -0.435 e. The summed E-state index contributed by atoms with van der Waals surface area (Å²) in [7, 11) is 1.67. The molecule has 132 valence electrons. The van der Waals surface area contributed by atoms with Crippen molar-refractivity contribution in [3.8, 4) is 5.75 Å². The number of nitro groups is 1. The Morgan fingerprint density at radius 2 is 1.88 bits per heavy atom. The van der Waals surface area contributed by atoms with Crippen molar-refractivity contribution in [3.63, 3.8) is 0 Å². The summed E-state index contributed by atoms with van der Waals surface area (Å²) >= 11 is 0. The Bertz CT molecular complexity index is 779. The normalized spacial score (nSPS) is 10.6. The van der Waals surface area contributed by atoms with Crippen LogP contribution < -0.4 is 9.64 Å². The molecule has 0 fully saturated rings. The van der Waals surface area contributed by atoms with Crippen LogP contribution in [0.2, 0.25) is 0 Å². The molecule has 0 atom stereocenters. The van der Waals surface area contributed by atoms with Gasteiger partial charge in [-0.05, 0) is 36.8 Å². The van der Waals surface area contributed by atoms with E-state index in [4.69, 9.17) is 0 Å². The fourth-order valence-corrected chi connectivity index (χ4v) is 2.35. The predicted molar refractivity (Wildman–Crippen MR) is 88.3 cm³/mol. The minimum atomic E-state index is -2.89. The molecule has 2 aromatic rings. The first-order chi connectivity index (χ1) is 11.8. The first-order valence-electron chi connectivity index (χ1n) is 7.32. The molecule has 0 unspecified atom stereocenters. The van der Waals surface area contributed by atoms with E-state index in [0.29, 0.717) is 12.2 Å². The lowest BCUT2D eigenvalue weighted by Gasteiger charge is -2.19. The smallest absolute Gasteiger partial charge is 0.387 e. The molecule has 0 radical (unpaired) electrons. The average Bonchev–Trinajstić information content (AvgIpc) is 2.55. The van der Waals surface area contributed by atoms with Crippen molar-refractivity contribution in [2.24, 2.45) is 0 Å². The van der Waals surface area contributed by atoms with Gasteiger partial charge in [-0.2, -0.15) is 8.78 Å². The van der Waals surface area contributed by atoms with Crippen LogP contribution in [0, 0.1) is 10.1 Å². The van der Waals surface area contributed by atoms with Crippen molar-refractivity contribution in [2.45, 2.75) is 20.1 Å². The van der Waals surface area contributed by atoms with Gasteiger partial charge in [0.05, 0.1) is 4.92 Å². The van der Waals surface area contributed by atoms with Crippen molar-refractivity contribution in [2.75, 3.05) is 11.9 Å². The van der Waals surface area contributed by atoms with Crippen LogP contribution in [-0.4, -0.2) is 24.4 Å². The maximum Gasteiger partial charge on any atom is 0.387 e. The maximum atomic E-state index is 12.1. The Morgan fingerprint density at radius 3 is 2.40 bits per heavy atom. The highest BCUT2D eigenvalue weighted by Gasteiger charge is 2.19. The highest BCUT2D eigenvalue weighted by Crippen LogP contribution is 2.30. The van der Waals surface area contributed by atoms with Crippen LogP contribution in [0.3, 0.4) is 0 Å². The zero-order valence-electron chi connectivity index (χ0n) is 13.6. The molecule has 0 spiro atoms. The maximum absolute atomic E-state index is 12.1. The van der Waals surface area contributed by atoms with Crippen molar-refractivity contribution < 1.29 is 23.2 Å². The molecule has 2 aromatic carbocycles. The van der Waals surface area contributed by atoms with Gasteiger partial charge < -0.3 is 9.64 Å². The number of hydrogen-bond acceptors (Lipinski definition) is 5. The first-order valence-corrected chi connectivity index (χ1v) is 7.32. The number of ketones is 1. The number of alkyl halides is 2. The lowest BCUT2D eigenvalue weighted by Crippen LogP contribution is -2.18. The Kier molecular flexibility index (Phi) is 5.63. The molecule has 0 heterocycles. The zero-order valence-corrected chi connectivity index (χ0v) is 13.6. The van der Waals surface area contributed by atoms with Gasteiger partial charge in [-0.25, -0.2) is 0 Å². The Balaban J connectivity index is 2.21. The number of carbonyl (C=O) groups is 1. The van der Waals surface area contributed by atoms with Crippen molar-refractivity contribution in [1.82, 2.24) is 0 Å². The van der Waals surface area contributed by atoms with E-state index in [1.807, 2.05) is 0 Å². The lowest BCUT2D eigenvalue weighted by atomic mass is 10.1. The first kappa shape index (κ1) is 18.3. The number of nitrogens with zero attached hydrogens (tertiary/aromatic N) is 2. The summed E-state index contributed by atoms with van der Waals surface area (Å²) < 4.78 is 28.6. The quantitative estimate of drug-likeness (QED) is 0.428. The van der Waals surface area contributed by atoms with Crippen molar-refractivity contribution in [3.05, 3.63) is 63.7 Å². The number of nitro benzene ring substituents is 1. The van der Waals surface area contributed by atoms with E-state index in [-0.39, 0.29) is 22.8 Å². The van der Waals surface area contributed by atoms with Gasteiger partial charge in [0.1, 0.15) is 11.4 Å². The van der Waals surface area contributed by atoms with E-state index in [0.717, 1.165) is 5.56 Å². The number of Topliss-reactive ketones (excluding diaryl/α,β-unsaturated/α-hetero) is 1. The molecule has 6 nitrogen and oxygen atoms in total. The number of anilines is 1. The van der Waals surface area contributed by atoms with Crippen LogP contribution in [0.5, 0.6) is 5.75 Å². The Hall–Kier alpha value is -3.03. The summed E-state index contributed by atoms with van der Waals surface area (Å²) in [5.74, 6) is -0.217. The van der Waals surface area contributed by atoms with Crippen LogP contribution in [0.4, 0.5) is 20.2 Å². The summed E-state index contributed by atoms with van der Waals surface area (Å²) in [6.45, 7) is -1.24. The van der Waals surface area contributed by atoms with Gasteiger partial charge in [0.25, 0.3) is 5.69 Å². The molecular weight excluding hydrogens is 334 g/mol. The van der Waals surface area contributed by atoms with Gasteiger partial charge in [-0.15, -0.1) is 0 Å². The summed E-state index contributed by atoms with van der Waals surface area (Å²) in [5.41, 5.74) is 1.20. The van der Waals surface area contributed by atoms with E-state index in [2.05, 4.69) is 4.74 Å². The molecule has 2 rings (SSSR count). The average molecular weight is 350 g/mol. The fraction of sp³-hybridized carbons (Fsp3) is 0.235. The highest BCUT2D eigenvalue weighted by molar-refractivity contribution is 5.95. The van der Waals surface area contributed by atoms with E-state index in [9.17, 15) is 23.7 Å². The molecule has 0 amide bonds. The largest absolute Gasteiger partial charge is 0.435 e. The van der Waals surface area contributed by atoms with E-state index in [1.54, 1.807) is 24.1 Å². The minimum absolute atomic E-state index is 0.0400. The van der Waals surface area contributed by atoms with Crippen LogP contribution in [-0.2, 0) is 6.54 Å². The molecular formula is C17H16F2N2O4. The molecule has 25 heavy (non-hydrogen) atoms. The van der Waals surface area contributed by atoms with Gasteiger partial charge >= 0.3 is 6.61 Å². The third kappa shape index (κ3) is 4.72. The summed E-state index contributed by atoms with van der Waals surface area (Å²) in [4.78, 5) is 23.8. The molecule has 0 aromatic heterocycles. The monoisotopic (exact) mass is 350 g/mol. The highest BCUT2D eigenvalue weighted by atomic mass is 19.3. The molecule has 0 bridgehead atoms. The standard InChI is InChI=1S/C17H16F2N2O4/c1-11(22)13-5-8-15(16(9-13)21(23)24)20(2)10-12-3-6-14(7-4-12)25-17(18)19/h3-9,17H,10H2,1-2H3. The van der Waals surface area contributed by atoms with Crippen LogP contribution in [0.15, 0.2) is 42.5 Å². The molecule has 0 aliphatic carbocycles. The van der Waals surface area contributed by atoms with E-state index in [1.165, 1.54) is 37.3 Å². The van der Waals surface area contributed by atoms with Crippen molar-refractivity contribution in [1.29, 1.82) is 0 Å². The van der Waals surface area contributed by atoms with Crippen LogP contribution in [0.1, 0.15) is 22.8 Å². The van der Waals surface area contributed by atoms with Crippen molar-refractivity contribution >= 4 is 17.2 Å². The molecule has 0 saturated heterocycles. The third-order valence-electron chi connectivity index (χ3n) is 3.56. The summed E-state index contributed by atoms with van der Waals surface area (Å²) in [6, 6.07) is 10.3. The lowest BCUT2D eigenvalue weighted by molar-refractivity contribution is -0.384. The topological polar surface area (TPSA) is 72.7 Å². The van der Waals surface area contributed by atoms with Gasteiger partial charge in [-0.3, -0.25) is 14.9 Å². The molecule has 8 heteroatoms. The van der Waals surface area contributed by atoms with E-state index < -0.39 is 11.5 Å². The predicted octanol–water partition coefficient (Wildman–Crippen LogP) is 4.04. The third-order valence-corrected chi connectivity index (χ3v) is 3.56. The van der Waals surface area contributed by atoms with Gasteiger partial charge in [0.2, 0.25) is 0 Å². The van der Waals surface area contributed by atoms with Gasteiger partial charge in [0.15, 0.2) is 5.78 Å². The number of halogens is 2. The summed E-state index contributed by atoms with van der Waals surface area (Å²) in [5, 5.41) is 11.3. The van der Waals surface area contributed by atoms with Crippen LogP contribution in [0.25, 0.3) is 0 Å². The fourth-order valence-electron chi connectivity index (χ4n) is 2.35. The van der Waals surface area contributed by atoms with Gasteiger partial charge in [0, 0.05) is 25.2 Å². The Labute approximate surface area is 142 Å². The molecule has 0 aliphatic rings. The van der Waals surface area contributed by atoms with E-state index >= 15 is 0 Å². The SMILES string of the molecule is CC(=O)c1ccc(N(C)Cc2ccc(OC(F)F)cc2)c([N+](=O)[O-])c1. The number of benzene rings is 2. The molecule has 0 aliphatic heterocycles. The summed E-state index contributed by atoms with van der Waals surface area (Å²) in [6.07, 6.45) is 0. The zero-order chi connectivity index (χ0) is 18.6. The van der Waals surface area contributed by atoms with Gasteiger partial charge in [-0.1, -0.05) is 12.1 Å². The second-order valence-corrected chi connectivity index (χ2v) is 5.40. The number of carbonyl (C=O) groups excluding carboxylic acids is 1. The molecule has 0 saturated carbocycles. The number of rotatable bonds is 7. The number of ether oxygens (including phenoxy) is 1. The Morgan fingerprint density at radius 1 is 1.24 bits per heavy atom. The number of hydrogen-bond donors (Lipinski definition) is 0. The van der Waals surface area contributed by atoms with Crippen LogP contribution >= 0.6 is 0 Å².